The minimum Gasteiger partial charge on any atom is -0.372 e. The van der Waals surface area contributed by atoms with E-state index in [2.05, 4.69) is 10.3 Å². The van der Waals surface area contributed by atoms with Crippen LogP contribution in [0.15, 0.2) is 24.5 Å². The van der Waals surface area contributed by atoms with E-state index in [9.17, 15) is 4.79 Å². The molecular formula is C14H21N3O2. The Morgan fingerprint density at radius 2 is 2.16 bits per heavy atom. The largest absolute Gasteiger partial charge is 0.372 e. The maximum atomic E-state index is 12.2. The Balaban J connectivity index is 1.94. The van der Waals surface area contributed by atoms with Gasteiger partial charge in [0.15, 0.2) is 0 Å². The lowest BCUT2D eigenvalue weighted by molar-refractivity contribution is -0.0735. The first kappa shape index (κ1) is 13.8. The van der Waals surface area contributed by atoms with Crippen molar-refractivity contribution in [2.45, 2.75) is 32.4 Å². The highest BCUT2D eigenvalue weighted by molar-refractivity contribution is 5.74. The number of carbonyl (C=O) groups excluding carboxylic acids is 1. The molecule has 5 heteroatoms. The first-order valence-electron chi connectivity index (χ1n) is 6.57. The zero-order chi connectivity index (χ0) is 13.9. The van der Waals surface area contributed by atoms with Gasteiger partial charge >= 0.3 is 6.03 Å². The summed E-state index contributed by atoms with van der Waals surface area (Å²) in [7, 11) is 0. The number of ether oxygens (including phenoxy) is 1. The number of pyridine rings is 1. The number of aromatic nitrogens is 1. The molecule has 1 saturated heterocycles. The van der Waals surface area contributed by atoms with Crippen LogP contribution in [0.3, 0.4) is 0 Å². The molecule has 0 bridgehead atoms. The maximum Gasteiger partial charge on any atom is 0.318 e. The summed E-state index contributed by atoms with van der Waals surface area (Å²) < 4.78 is 5.61. The second-order valence-electron chi connectivity index (χ2n) is 5.48. The summed E-state index contributed by atoms with van der Waals surface area (Å²) in [6.07, 6.45) is 3.46. The summed E-state index contributed by atoms with van der Waals surface area (Å²) >= 11 is 0. The molecule has 5 nitrogen and oxygen atoms in total. The molecule has 1 aliphatic heterocycles. The van der Waals surface area contributed by atoms with Crippen molar-refractivity contribution >= 4 is 6.03 Å². The van der Waals surface area contributed by atoms with Gasteiger partial charge in [0.2, 0.25) is 0 Å². The van der Waals surface area contributed by atoms with Crippen LogP contribution in [0.1, 0.15) is 32.4 Å². The number of amides is 2. The highest BCUT2D eigenvalue weighted by Gasteiger charge is 2.30. The van der Waals surface area contributed by atoms with Crippen LogP contribution in [0, 0.1) is 0 Å². The van der Waals surface area contributed by atoms with Crippen molar-refractivity contribution in [1.82, 2.24) is 15.2 Å². The molecule has 1 atom stereocenters. The Bertz CT molecular complexity index is 434. The van der Waals surface area contributed by atoms with Gasteiger partial charge in [-0.2, -0.15) is 0 Å². The Morgan fingerprint density at radius 1 is 1.47 bits per heavy atom. The third kappa shape index (κ3) is 3.67. The molecule has 1 aromatic rings. The molecule has 0 aromatic carbocycles. The van der Waals surface area contributed by atoms with Crippen molar-refractivity contribution < 1.29 is 9.53 Å². The SMILES string of the molecule is CC(NC(=O)N1CCOC(C)(C)C1)c1ccncc1. The van der Waals surface area contributed by atoms with Crippen molar-refractivity contribution in [3.05, 3.63) is 30.1 Å². The van der Waals surface area contributed by atoms with Crippen LogP contribution in [0.5, 0.6) is 0 Å². The third-order valence-corrected chi connectivity index (χ3v) is 3.26. The molecule has 104 valence electrons. The third-order valence-electron chi connectivity index (χ3n) is 3.26. The van der Waals surface area contributed by atoms with Gasteiger partial charge in [-0.3, -0.25) is 4.98 Å². The van der Waals surface area contributed by atoms with E-state index in [1.807, 2.05) is 32.9 Å². The van der Waals surface area contributed by atoms with Crippen LogP contribution < -0.4 is 5.32 Å². The van der Waals surface area contributed by atoms with E-state index in [1.165, 1.54) is 0 Å². The average Bonchev–Trinajstić information content (AvgIpc) is 2.38. The fourth-order valence-electron chi connectivity index (χ4n) is 2.20. The molecule has 1 aliphatic rings. The number of morpholine rings is 1. The topological polar surface area (TPSA) is 54.5 Å². The van der Waals surface area contributed by atoms with Crippen molar-refractivity contribution in [1.29, 1.82) is 0 Å². The molecule has 2 rings (SSSR count). The maximum absolute atomic E-state index is 12.2. The smallest absolute Gasteiger partial charge is 0.318 e. The van der Waals surface area contributed by atoms with Gasteiger partial charge in [0, 0.05) is 18.9 Å². The Kier molecular flexibility index (Phi) is 4.04. The minimum atomic E-state index is -0.268. The highest BCUT2D eigenvalue weighted by atomic mass is 16.5. The fraction of sp³-hybridized carbons (Fsp3) is 0.571. The Morgan fingerprint density at radius 3 is 2.79 bits per heavy atom. The molecule has 0 radical (unpaired) electrons. The van der Waals surface area contributed by atoms with Crippen LogP contribution in [-0.4, -0.2) is 41.2 Å². The molecule has 2 amide bonds. The Hall–Kier alpha value is -1.62. The zero-order valence-electron chi connectivity index (χ0n) is 11.7. The summed E-state index contributed by atoms with van der Waals surface area (Å²) in [6.45, 7) is 7.81. The molecule has 1 unspecified atom stereocenters. The number of hydrogen-bond acceptors (Lipinski definition) is 3. The van der Waals surface area contributed by atoms with E-state index in [0.717, 1.165) is 5.56 Å². The molecule has 0 aliphatic carbocycles. The normalized spacial score (nSPS) is 19.8. The second kappa shape index (κ2) is 5.57. The van der Waals surface area contributed by atoms with Gasteiger partial charge in [0.1, 0.15) is 0 Å². The highest BCUT2D eigenvalue weighted by Crippen LogP contribution is 2.17. The summed E-state index contributed by atoms with van der Waals surface area (Å²) in [6, 6.07) is 3.75. The van der Waals surface area contributed by atoms with Gasteiger partial charge in [-0.15, -0.1) is 0 Å². The average molecular weight is 263 g/mol. The van der Waals surface area contributed by atoms with Gasteiger partial charge in [0.05, 0.1) is 24.8 Å². The van der Waals surface area contributed by atoms with E-state index < -0.39 is 0 Å². The molecule has 0 saturated carbocycles. The molecule has 2 heterocycles. The van der Waals surface area contributed by atoms with Gasteiger partial charge < -0.3 is 15.0 Å². The number of nitrogens with one attached hydrogen (secondary N) is 1. The number of urea groups is 1. The van der Waals surface area contributed by atoms with Gasteiger partial charge in [-0.1, -0.05) is 0 Å². The quantitative estimate of drug-likeness (QED) is 0.887. The van der Waals surface area contributed by atoms with Crippen LogP contribution in [0.25, 0.3) is 0 Å². The van der Waals surface area contributed by atoms with Crippen molar-refractivity contribution in [3.63, 3.8) is 0 Å². The molecular weight excluding hydrogens is 242 g/mol. The summed E-state index contributed by atoms with van der Waals surface area (Å²) in [5.74, 6) is 0. The van der Waals surface area contributed by atoms with E-state index in [4.69, 9.17) is 4.74 Å². The minimum absolute atomic E-state index is 0.0264. The van der Waals surface area contributed by atoms with Crippen molar-refractivity contribution in [3.8, 4) is 0 Å². The molecule has 0 spiro atoms. The van der Waals surface area contributed by atoms with E-state index in [0.29, 0.717) is 19.7 Å². The lowest BCUT2D eigenvalue weighted by Crippen LogP contribution is -2.53. The summed E-state index contributed by atoms with van der Waals surface area (Å²) in [5, 5.41) is 3.01. The van der Waals surface area contributed by atoms with E-state index in [1.54, 1.807) is 17.3 Å². The van der Waals surface area contributed by atoms with Gasteiger partial charge in [0.25, 0.3) is 0 Å². The standard InChI is InChI=1S/C14H21N3O2/c1-11(12-4-6-15-7-5-12)16-13(18)17-8-9-19-14(2,3)10-17/h4-7,11H,8-10H2,1-3H3,(H,16,18). The first-order chi connectivity index (χ1) is 8.98. The predicted molar refractivity (Wildman–Crippen MR) is 72.8 cm³/mol. The summed E-state index contributed by atoms with van der Waals surface area (Å²) in [5.41, 5.74) is 0.783. The molecule has 1 aromatic heterocycles. The van der Waals surface area contributed by atoms with Crippen molar-refractivity contribution in [2.75, 3.05) is 19.7 Å². The lowest BCUT2D eigenvalue weighted by Gasteiger charge is -2.38. The fourth-order valence-corrected chi connectivity index (χ4v) is 2.20. The zero-order valence-corrected chi connectivity index (χ0v) is 11.7. The Labute approximate surface area is 114 Å². The van der Waals surface area contributed by atoms with Gasteiger partial charge in [-0.25, -0.2) is 4.79 Å². The molecule has 1 N–H and O–H groups in total. The monoisotopic (exact) mass is 263 g/mol. The van der Waals surface area contributed by atoms with E-state index in [-0.39, 0.29) is 17.7 Å². The van der Waals surface area contributed by atoms with Crippen LogP contribution in [-0.2, 0) is 4.74 Å². The second-order valence-corrected chi connectivity index (χ2v) is 5.48. The first-order valence-corrected chi connectivity index (χ1v) is 6.57. The molecule has 1 fully saturated rings. The number of rotatable bonds is 2. The van der Waals surface area contributed by atoms with Crippen LogP contribution in [0.2, 0.25) is 0 Å². The van der Waals surface area contributed by atoms with Gasteiger partial charge in [-0.05, 0) is 38.5 Å². The van der Waals surface area contributed by atoms with Crippen LogP contribution >= 0.6 is 0 Å². The molecule has 19 heavy (non-hydrogen) atoms. The lowest BCUT2D eigenvalue weighted by atomic mass is 10.1. The van der Waals surface area contributed by atoms with Crippen molar-refractivity contribution in [2.24, 2.45) is 0 Å². The number of hydrogen-bond donors (Lipinski definition) is 1. The van der Waals surface area contributed by atoms with Crippen LogP contribution in [0.4, 0.5) is 4.79 Å². The summed E-state index contributed by atoms with van der Waals surface area (Å²) in [4.78, 5) is 18.0. The number of carbonyl (C=O) groups is 1. The van der Waals surface area contributed by atoms with E-state index >= 15 is 0 Å². The predicted octanol–water partition coefficient (Wildman–Crippen LogP) is 1.96. The number of nitrogens with zero attached hydrogens (tertiary/aromatic N) is 2.